The van der Waals surface area contributed by atoms with Gasteiger partial charge in [0.2, 0.25) is 10.0 Å². The molecule has 0 aliphatic heterocycles. The van der Waals surface area contributed by atoms with Crippen molar-refractivity contribution in [2.24, 2.45) is 0 Å². The fourth-order valence-electron chi connectivity index (χ4n) is 0.852. The molecule has 0 saturated carbocycles. The van der Waals surface area contributed by atoms with Crippen molar-refractivity contribution >= 4 is 15.8 Å². The molecule has 1 aromatic heterocycles. The van der Waals surface area contributed by atoms with Crippen molar-refractivity contribution < 1.29 is 8.42 Å². The summed E-state index contributed by atoms with van der Waals surface area (Å²) < 4.78 is 25.6. The minimum absolute atomic E-state index is 0.0953. The molecule has 1 rings (SSSR count). The van der Waals surface area contributed by atoms with E-state index < -0.39 is 10.0 Å². The van der Waals surface area contributed by atoms with Gasteiger partial charge < -0.3 is 5.73 Å². The number of hydrogen-bond donors (Lipinski definition) is 2. The highest BCUT2D eigenvalue weighted by molar-refractivity contribution is 7.89. The van der Waals surface area contributed by atoms with Crippen LogP contribution in [0.2, 0.25) is 0 Å². The Morgan fingerprint density at radius 2 is 2.27 bits per heavy atom. The van der Waals surface area contributed by atoms with Gasteiger partial charge in [-0.15, -0.1) is 0 Å². The molecule has 3 N–H and O–H groups in total. The first-order valence-corrected chi connectivity index (χ1v) is 5.76. The number of sulfonamides is 1. The molecule has 0 radical (unpaired) electrons. The summed E-state index contributed by atoms with van der Waals surface area (Å²) in [5.41, 5.74) is 6.09. The quantitative estimate of drug-likeness (QED) is 0.734. The van der Waals surface area contributed by atoms with Crippen LogP contribution in [0.25, 0.3) is 0 Å². The predicted octanol–water partition coefficient (Wildman–Crippen LogP) is 0.518. The lowest BCUT2D eigenvalue weighted by Gasteiger charge is -2.05. The van der Waals surface area contributed by atoms with Crippen LogP contribution in [0.3, 0.4) is 0 Å². The van der Waals surface area contributed by atoms with Gasteiger partial charge in [0.05, 0.1) is 0 Å². The minimum atomic E-state index is -3.50. The van der Waals surface area contributed by atoms with Gasteiger partial charge in [0, 0.05) is 12.7 Å². The SMILES string of the molecule is C=C(C)CNS(=O)(=O)c1ccc(N)nc1. The Balaban J connectivity index is 2.87. The number of nitrogens with zero attached hydrogens (tertiary/aromatic N) is 1. The maximum atomic E-state index is 11.6. The number of aromatic nitrogens is 1. The van der Waals surface area contributed by atoms with Gasteiger partial charge in [-0.2, -0.15) is 0 Å². The number of rotatable bonds is 4. The first-order valence-electron chi connectivity index (χ1n) is 4.27. The second-order valence-electron chi connectivity index (χ2n) is 3.20. The topological polar surface area (TPSA) is 85.1 Å². The molecule has 0 aliphatic rings. The highest BCUT2D eigenvalue weighted by Gasteiger charge is 2.13. The van der Waals surface area contributed by atoms with Crippen LogP contribution < -0.4 is 10.5 Å². The number of anilines is 1. The minimum Gasteiger partial charge on any atom is -0.384 e. The second kappa shape index (κ2) is 4.41. The van der Waals surface area contributed by atoms with Gasteiger partial charge in [-0.25, -0.2) is 18.1 Å². The number of nitrogens with two attached hydrogens (primary N) is 1. The molecule has 0 spiro atoms. The Labute approximate surface area is 89.1 Å². The molecule has 0 aliphatic carbocycles. The molecule has 0 atom stereocenters. The molecule has 0 amide bonds. The number of hydrogen-bond acceptors (Lipinski definition) is 4. The Bertz CT molecular complexity index is 451. The maximum Gasteiger partial charge on any atom is 0.242 e. The molecule has 0 aromatic carbocycles. The molecule has 15 heavy (non-hydrogen) atoms. The summed E-state index contributed by atoms with van der Waals surface area (Å²) >= 11 is 0. The summed E-state index contributed by atoms with van der Waals surface area (Å²) in [6.07, 6.45) is 1.22. The molecule has 0 unspecified atom stereocenters. The second-order valence-corrected chi connectivity index (χ2v) is 4.97. The van der Waals surface area contributed by atoms with Crippen LogP contribution in [0.4, 0.5) is 5.82 Å². The summed E-state index contributed by atoms with van der Waals surface area (Å²) in [7, 11) is -3.50. The third kappa shape index (κ3) is 3.34. The fraction of sp³-hybridized carbons (Fsp3) is 0.222. The standard InChI is InChI=1S/C9H13N3O2S/c1-7(2)5-12-15(13,14)8-3-4-9(10)11-6-8/h3-4,6,12H,1,5H2,2H3,(H2,10,11). The van der Waals surface area contributed by atoms with Gasteiger partial charge in [0.15, 0.2) is 0 Å². The highest BCUT2D eigenvalue weighted by atomic mass is 32.2. The molecule has 0 fully saturated rings. The van der Waals surface area contributed by atoms with Crippen LogP contribution in [-0.2, 0) is 10.0 Å². The number of nitrogen functional groups attached to an aromatic ring is 1. The monoisotopic (exact) mass is 227 g/mol. The maximum absolute atomic E-state index is 11.6. The van der Waals surface area contributed by atoms with Crippen molar-refractivity contribution in [3.8, 4) is 0 Å². The van der Waals surface area contributed by atoms with E-state index in [4.69, 9.17) is 5.73 Å². The Morgan fingerprint density at radius 1 is 1.60 bits per heavy atom. The first kappa shape index (κ1) is 11.7. The van der Waals surface area contributed by atoms with E-state index in [2.05, 4.69) is 16.3 Å². The Hall–Kier alpha value is -1.40. The first-order chi connectivity index (χ1) is 6.92. The zero-order valence-electron chi connectivity index (χ0n) is 8.40. The van der Waals surface area contributed by atoms with Crippen LogP contribution in [0, 0.1) is 0 Å². The summed E-state index contributed by atoms with van der Waals surface area (Å²) in [5.74, 6) is 0.286. The summed E-state index contributed by atoms with van der Waals surface area (Å²) in [5, 5.41) is 0. The van der Waals surface area contributed by atoms with Crippen molar-refractivity contribution in [3.63, 3.8) is 0 Å². The lowest BCUT2D eigenvalue weighted by molar-refractivity contribution is 0.584. The van der Waals surface area contributed by atoms with Crippen molar-refractivity contribution in [1.29, 1.82) is 0 Å². The third-order valence-corrected chi connectivity index (χ3v) is 3.02. The largest absolute Gasteiger partial charge is 0.384 e. The summed E-state index contributed by atoms with van der Waals surface area (Å²) in [6.45, 7) is 5.56. The predicted molar refractivity (Wildman–Crippen MR) is 58.7 cm³/mol. The molecule has 82 valence electrons. The molecule has 6 heteroatoms. The van der Waals surface area contributed by atoms with Crippen molar-refractivity contribution in [1.82, 2.24) is 9.71 Å². The van der Waals surface area contributed by atoms with E-state index in [1.807, 2.05) is 0 Å². The van der Waals surface area contributed by atoms with Gasteiger partial charge in [-0.05, 0) is 19.1 Å². The summed E-state index contributed by atoms with van der Waals surface area (Å²) in [6, 6.07) is 2.85. The highest BCUT2D eigenvalue weighted by Crippen LogP contribution is 2.08. The summed E-state index contributed by atoms with van der Waals surface area (Å²) in [4.78, 5) is 3.80. The smallest absolute Gasteiger partial charge is 0.242 e. The van der Waals surface area contributed by atoms with Gasteiger partial charge in [-0.1, -0.05) is 12.2 Å². The molecule has 0 saturated heterocycles. The lowest BCUT2D eigenvalue weighted by Crippen LogP contribution is -2.25. The number of pyridine rings is 1. The van der Waals surface area contributed by atoms with E-state index in [9.17, 15) is 8.42 Å². The van der Waals surface area contributed by atoms with E-state index in [0.717, 1.165) is 5.57 Å². The van der Waals surface area contributed by atoms with E-state index >= 15 is 0 Å². The molecule has 1 heterocycles. The van der Waals surface area contributed by atoms with Gasteiger partial charge in [0.1, 0.15) is 10.7 Å². The van der Waals surface area contributed by atoms with Crippen molar-refractivity contribution in [3.05, 3.63) is 30.5 Å². The van der Waals surface area contributed by atoms with E-state index in [1.165, 1.54) is 18.3 Å². The molecule has 5 nitrogen and oxygen atoms in total. The van der Waals surface area contributed by atoms with Crippen LogP contribution in [0.5, 0.6) is 0 Å². The van der Waals surface area contributed by atoms with Crippen molar-refractivity contribution in [2.75, 3.05) is 12.3 Å². The van der Waals surface area contributed by atoms with Gasteiger partial charge >= 0.3 is 0 Å². The molecular weight excluding hydrogens is 214 g/mol. The average Bonchev–Trinajstić information content (AvgIpc) is 2.16. The zero-order valence-corrected chi connectivity index (χ0v) is 9.21. The normalized spacial score (nSPS) is 11.3. The lowest BCUT2D eigenvalue weighted by atomic mass is 10.4. The van der Waals surface area contributed by atoms with Crippen LogP contribution in [0.1, 0.15) is 6.92 Å². The molecule has 1 aromatic rings. The fourth-order valence-corrected chi connectivity index (χ4v) is 1.89. The van der Waals surface area contributed by atoms with E-state index in [0.29, 0.717) is 0 Å². The zero-order chi connectivity index (χ0) is 11.5. The third-order valence-electron chi connectivity index (χ3n) is 1.63. The van der Waals surface area contributed by atoms with Crippen molar-refractivity contribution in [2.45, 2.75) is 11.8 Å². The number of nitrogens with one attached hydrogen (secondary N) is 1. The van der Waals surface area contributed by atoms with Crippen LogP contribution in [-0.4, -0.2) is 19.9 Å². The van der Waals surface area contributed by atoms with Gasteiger partial charge in [0.25, 0.3) is 0 Å². The van der Waals surface area contributed by atoms with Gasteiger partial charge in [-0.3, -0.25) is 0 Å². The van der Waals surface area contributed by atoms with E-state index in [1.54, 1.807) is 6.92 Å². The molecule has 0 bridgehead atoms. The van der Waals surface area contributed by atoms with Crippen LogP contribution >= 0.6 is 0 Å². The Kier molecular flexibility index (Phi) is 3.43. The average molecular weight is 227 g/mol. The van der Waals surface area contributed by atoms with Crippen LogP contribution in [0.15, 0.2) is 35.4 Å². The Morgan fingerprint density at radius 3 is 2.73 bits per heavy atom. The van der Waals surface area contributed by atoms with E-state index in [-0.39, 0.29) is 17.3 Å². The molecular formula is C9H13N3O2S.